The van der Waals surface area contributed by atoms with Crippen molar-refractivity contribution in [2.75, 3.05) is 44.7 Å². The number of alkyl halides is 2. The summed E-state index contributed by atoms with van der Waals surface area (Å²) < 4.78 is 27.3. The number of piperazine rings is 1. The highest BCUT2D eigenvalue weighted by molar-refractivity contribution is 6.29. The Morgan fingerprint density at radius 1 is 1.07 bits per heavy atom. The first-order valence-corrected chi connectivity index (χ1v) is 10.6. The van der Waals surface area contributed by atoms with E-state index in [4.69, 9.17) is 11.6 Å². The van der Waals surface area contributed by atoms with Crippen LogP contribution in [0.4, 0.5) is 14.6 Å². The van der Waals surface area contributed by atoms with Gasteiger partial charge < -0.3 is 14.7 Å². The van der Waals surface area contributed by atoms with Gasteiger partial charge in [0.2, 0.25) is 0 Å². The number of carbonyl (C=O) groups excluding carboxylic acids is 1. The van der Waals surface area contributed by atoms with Gasteiger partial charge >= 0.3 is 0 Å². The van der Waals surface area contributed by atoms with Crippen LogP contribution in [0.1, 0.15) is 34.8 Å². The molecule has 0 radical (unpaired) electrons. The molecule has 2 aliphatic heterocycles. The molecule has 0 saturated carbocycles. The Morgan fingerprint density at radius 2 is 1.77 bits per heavy atom. The van der Waals surface area contributed by atoms with Crippen LogP contribution in [0.15, 0.2) is 42.5 Å². The molecule has 1 unspecified atom stereocenters. The van der Waals surface area contributed by atoms with Crippen LogP contribution in [-0.4, -0.2) is 66.4 Å². The summed E-state index contributed by atoms with van der Waals surface area (Å²) in [6.45, 7) is 2.36. The monoisotopic (exact) mass is 434 g/mol. The van der Waals surface area contributed by atoms with Crippen LogP contribution in [0.3, 0.4) is 0 Å². The molecule has 1 atom stereocenters. The molecule has 5 nitrogen and oxygen atoms in total. The Bertz CT molecular complexity index is 901. The Hall–Kier alpha value is -2.25. The van der Waals surface area contributed by atoms with Gasteiger partial charge in [-0.15, -0.1) is 0 Å². The van der Waals surface area contributed by atoms with Gasteiger partial charge in [0.1, 0.15) is 11.0 Å². The number of carbonyl (C=O) groups is 1. The van der Waals surface area contributed by atoms with Gasteiger partial charge in [-0.2, -0.15) is 0 Å². The maximum Gasteiger partial charge on any atom is 0.258 e. The van der Waals surface area contributed by atoms with Crippen molar-refractivity contribution in [2.24, 2.45) is 0 Å². The molecule has 4 rings (SSSR count). The number of hydrogen-bond acceptors (Lipinski definition) is 4. The average Bonchev–Trinajstić information content (AvgIpc) is 2.74. The lowest BCUT2D eigenvalue weighted by molar-refractivity contribution is -0.0221. The van der Waals surface area contributed by atoms with Crippen molar-refractivity contribution in [2.45, 2.75) is 24.8 Å². The van der Waals surface area contributed by atoms with E-state index >= 15 is 0 Å². The van der Waals surface area contributed by atoms with Crippen molar-refractivity contribution >= 4 is 23.3 Å². The Labute approximate surface area is 180 Å². The molecule has 0 bridgehead atoms. The molecule has 160 valence electrons. The van der Waals surface area contributed by atoms with Gasteiger partial charge in [-0.05, 0) is 24.7 Å². The molecule has 1 aromatic heterocycles. The molecule has 0 N–H and O–H groups in total. The van der Waals surface area contributed by atoms with E-state index in [0.29, 0.717) is 17.9 Å². The van der Waals surface area contributed by atoms with E-state index < -0.39 is 5.92 Å². The van der Waals surface area contributed by atoms with Gasteiger partial charge in [0.25, 0.3) is 11.8 Å². The third kappa shape index (κ3) is 4.42. The van der Waals surface area contributed by atoms with Crippen LogP contribution < -0.4 is 4.90 Å². The minimum atomic E-state index is -2.67. The summed E-state index contributed by atoms with van der Waals surface area (Å²) in [5.74, 6) is -2.42. The number of benzene rings is 1. The molecule has 0 aliphatic carbocycles. The van der Waals surface area contributed by atoms with E-state index in [1.807, 2.05) is 42.3 Å². The molecular weight excluding hydrogens is 410 g/mol. The fourth-order valence-electron chi connectivity index (χ4n) is 4.16. The third-order valence-electron chi connectivity index (χ3n) is 5.89. The van der Waals surface area contributed by atoms with E-state index in [0.717, 1.165) is 18.7 Å². The summed E-state index contributed by atoms with van der Waals surface area (Å²) in [7, 11) is 2.04. The average molecular weight is 435 g/mol. The summed E-state index contributed by atoms with van der Waals surface area (Å²) in [6.07, 6.45) is -0.508. The van der Waals surface area contributed by atoms with E-state index in [1.165, 1.54) is 0 Å². The van der Waals surface area contributed by atoms with Gasteiger partial charge in [-0.1, -0.05) is 41.9 Å². The summed E-state index contributed by atoms with van der Waals surface area (Å²) >= 11 is 6.11. The number of likely N-dealkylation sites (N-methyl/N-ethyl adjacent to an activating group) is 1. The molecule has 1 amide bonds. The fourth-order valence-corrected chi connectivity index (χ4v) is 4.30. The summed E-state index contributed by atoms with van der Waals surface area (Å²) in [4.78, 5) is 23.8. The smallest absolute Gasteiger partial charge is 0.258 e. The molecule has 30 heavy (non-hydrogen) atoms. The van der Waals surface area contributed by atoms with Crippen molar-refractivity contribution in [1.29, 1.82) is 0 Å². The minimum Gasteiger partial charge on any atom is -0.355 e. The van der Waals surface area contributed by atoms with E-state index in [1.54, 1.807) is 17.0 Å². The highest BCUT2D eigenvalue weighted by atomic mass is 35.5. The second-order valence-corrected chi connectivity index (χ2v) is 8.42. The Kier molecular flexibility index (Phi) is 5.93. The first kappa shape index (κ1) is 21.0. The number of hydrogen-bond donors (Lipinski definition) is 0. The number of aromatic nitrogens is 1. The van der Waals surface area contributed by atoms with Gasteiger partial charge in [0.15, 0.2) is 0 Å². The maximum atomic E-state index is 13.6. The van der Waals surface area contributed by atoms with Crippen LogP contribution in [0.25, 0.3) is 0 Å². The zero-order valence-corrected chi connectivity index (χ0v) is 17.7. The zero-order valence-electron chi connectivity index (χ0n) is 16.9. The fraction of sp³-hybridized carbons (Fsp3) is 0.455. The largest absolute Gasteiger partial charge is 0.355 e. The van der Waals surface area contributed by atoms with Crippen LogP contribution in [0, 0.1) is 0 Å². The van der Waals surface area contributed by atoms with Gasteiger partial charge in [0.05, 0.1) is 11.6 Å². The summed E-state index contributed by atoms with van der Waals surface area (Å²) in [5, 5.41) is 0.247. The van der Waals surface area contributed by atoms with Gasteiger partial charge in [0, 0.05) is 45.6 Å². The number of halogens is 3. The molecule has 2 saturated heterocycles. The van der Waals surface area contributed by atoms with Gasteiger partial charge in [-0.25, -0.2) is 13.8 Å². The third-order valence-corrected chi connectivity index (χ3v) is 6.11. The number of nitrogens with zero attached hydrogens (tertiary/aromatic N) is 4. The minimum absolute atomic E-state index is 0.0910. The lowest BCUT2D eigenvalue weighted by Gasteiger charge is -2.41. The van der Waals surface area contributed by atoms with E-state index in [-0.39, 0.29) is 43.0 Å². The number of anilines is 1. The quantitative estimate of drug-likeness (QED) is 0.682. The van der Waals surface area contributed by atoms with Crippen molar-refractivity contribution in [1.82, 2.24) is 14.8 Å². The Morgan fingerprint density at radius 3 is 2.47 bits per heavy atom. The van der Waals surface area contributed by atoms with E-state index in [9.17, 15) is 13.6 Å². The molecule has 8 heteroatoms. The molecule has 0 spiro atoms. The number of amides is 1. The predicted molar refractivity (Wildman–Crippen MR) is 113 cm³/mol. The molecule has 2 aromatic rings. The molecule has 3 heterocycles. The SMILES string of the molecule is CN1CCN(C(=O)c2ccc(Cl)nc2N2CCC(F)(F)CC2)C(c2ccccc2)C1. The second-order valence-electron chi connectivity index (χ2n) is 8.04. The molecule has 1 aromatic carbocycles. The predicted octanol–water partition coefficient (Wildman–Crippen LogP) is 4.10. The van der Waals surface area contributed by atoms with Crippen molar-refractivity contribution in [3.8, 4) is 0 Å². The summed E-state index contributed by atoms with van der Waals surface area (Å²) in [5.41, 5.74) is 1.48. The number of rotatable bonds is 3. The van der Waals surface area contributed by atoms with Crippen LogP contribution in [0.5, 0.6) is 0 Å². The van der Waals surface area contributed by atoms with Crippen molar-refractivity contribution in [3.05, 3.63) is 58.7 Å². The van der Waals surface area contributed by atoms with E-state index in [2.05, 4.69) is 9.88 Å². The molecule has 2 fully saturated rings. The second kappa shape index (κ2) is 8.47. The highest BCUT2D eigenvalue weighted by Crippen LogP contribution is 2.34. The lowest BCUT2D eigenvalue weighted by Crippen LogP contribution is -2.49. The molecule has 2 aliphatic rings. The first-order chi connectivity index (χ1) is 14.3. The highest BCUT2D eigenvalue weighted by Gasteiger charge is 2.37. The van der Waals surface area contributed by atoms with Gasteiger partial charge in [-0.3, -0.25) is 4.79 Å². The summed E-state index contributed by atoms with van der Waals surface area (Å²) in [6, 6.07) is 13.1. The number of piperidine rings is 1. The normalized spacial score (nSPS) is 22.2. The zero-order chi connectivity index (χ0) is 21.3. The van der Waals surface area contributed by atoms with Crippen LogP contribution in [0.2, 0.25) is 5.15 Å². The maximum absolute atomic E-state index is 13.6. The van der Waals surface area contributed by atoms with Crippen LogP contribution in [-0.2, 0) is 0 Å². The Balaban J connectivity index is 1.65. The molecular formula is C22H25ClF2N4O. The van der Waals surface area contributed by atoms with Crippen molar-refractivity contribution in [3.63, 3.8) is 0 Å². The standard InChI is InChI=1S/C22H25ClF2N4O/c1-27-13-14-29(18(15-27)16-5-3-2-4-6-16)21(30)17-7-8-19(23)26-20(17)28-11-9-22(24,25)10-12-28/h2-8,18H,9-15H2,1H3. The first-order valence-electron chi connectivity index (χ1n) is 10.2. The van der Waals surface area contributed by atoms with Crippen molar-refractivity contribution < 1.29 is 13.6 Å². The lowest BCUT2D eigenvalue weighted by atomic mass is 10.0. The topological polar surface area (TPSA) is 39.7 Å². The number of pyridine rings is 1. The van der Waals surface area contributed by atoms with Crippen LogP contribution >= 0.6 is 11.6 Å².